The van der Waals surface area contributed by atoms with Crippen LogP contribution in [0, 0.1) is 6.92 Å². The lowest BCUT2D eigenvalue weighted by Gasteiger charge is -2.20. The van der Waals surface area contributed by atoms with Crippen LogP contribution in [-0.2, 0) is 6.54 Å². The molecule has 7 heteroatoms. The molecule has 0 atom stereocenters. The van der Waals surface area contributed by atoms with Crippen molar-refractivity contribution >= 4 is 23.0 Å². The Balaban J connectivity index is 2.36. The molecule has 0 aliphatic rings. The standard InChI is InChI=1S/C12H15N5OS/c1-8-3-4-14-12(10(8)11(13)16-18)17(2)5-9-6-19-7-15-9/h3-4,6-7,18H,5H2,1-2H3,(H2,13,16). The van der Waals surface area contributed by atoms with Crippen molar-refractivity contribution in [1.29, 1.82) is 0 Å². The van der Waals surface area contributed by atoms with Crippen molar-refractivity contribution in [3.05, 3.63) is 40.0 Å². The summed E-state index contributed by atoms with van der Waals surface area (Å²) in [5, 5.41) is 13.9. The molecule has 2 heterocycles. The first-order valence-electron chi connectivity index (χ1n) is 5.65. The van der Waals surface area contributed by atoms with Gasteiger partial charge in [-0.25, -0.2) is 9.97 Å². The Labute approximate surface area is 115 Å². The molecular weight excluding hydrogens is 262 g/mol. The highest BCUT2D eigenvalue weighted by Crippen LogP contribution is 2.21. The fraction of sp³-hybridized carbons (Fsp3) is 0.250. The molecule has 2 aromatic heterocycles. The van der Waals surface area contributed by atoms with E-state index in [-0.39, 0.29) is 5.84 Å². The third kappa shape index (κ3) is 2.82. The molecular formula is C12H15N5OS. The molecule has 2 aromatic rings. The summed E-state index contributed by atoms with van der Waals surface area (Å²) in [6, 6.07) is 1.83. The summed E-state index contributed by atoms with van der Waals surface area (Å²) in [4.78, 5) is 10.5. The second kappa shape index (κ2) is 5.66. The zero-order chi connectivity index (χ0) is 13.8. The zero-order valence-corrected chi connectivity index (χ0v) is 11.6. The number of nitrogens with two attached hydrogens (primary N) is 1. The first kappa shape index (κ1) is 13.3. The van der Waals surface area contributed by atoms with Crippen molar-refractivity contribution in [3.63, 3.8) is 0 Å². The van der Waals surface area contributed by atoms with Crippen molar-refractivity contribution in [1.82, 2.24) is 9.97 Å². The smallest absolute Gasteiger partial charge is 0.174 e. The van der Waals surface area contributed by atoms with Crippen LogP contribution in [-0.4, -0.2) is 28.1 Å². The normalized spacial score (nSPS) is 11.6. The molecule has 0 saturated heterocycles. The highest BCUT2D eigenvalue weighted by atomic mass is 32.1. The minimum atomic E-state index is 0.0609. The first-order valence-corrected chi connectivity index (χ1v) is 6.59. The van der Waals surface area contributed by atoms with Gasteiger partial charge in [0, 0.05) is 18.6 Å². The van der Waals surface area contributed by atoms with Crippen molar-refractivity contribution in [2.24, 2.45) is 10.9 Å². The topological polar surface area (TPSA) is 87.6 Å². The average Bonchev–Trinajstić information content (AvgIpc) is 2.90. The van der Waals surface area contributed by atoms with Gasteiger partial charge in [0.1, 0.15) is 5.82 Å². The molecule has 100 valence electrons. The minimum Gasteiger partial charge on any atom is -0.409 e. The number of amidine groups is 1. The van der Waals surface area contributed by atoms with E-state index in [4.69, 9.17) is 10.9 Å². The predicted molar refractivity (Wildman–Crippen MR) is 75.7 cm³/mol. The van der Waals surface area contributed by atoms with E-state index in [9.17, 15) is 0 Å². The SMILES string of the molecule is Cc1ccnc(N(C)Cc2cscn2)c1/C(N)=N/O. The third-order valence-electron chi connectivity index (χ3n) is 2.75. The fourth-order valence-corrected chi connectivity index (χ4v) is 2.38. The van der Waals surface area contributed by atoms with E-state index in [0.717, 1.165) is 11.3 Å². The Bertz CT molecular complexity index is 582. The number of anilines is 1. The highest BCUT2D eigenvalue weighted by molar-refractivity contribution is 7.07. The molecule has 0 radical (unpaired) electrons. The Morgan fingerprint density at radius 3 is 2.95 bits per heavy atom. The van der Waals surface area contributed by atoms with E-state index in [0.29, 0.717) is 17.9 Å². The van der Waals surface area contributed by atoms with Gasteiger partial charge in [-0.15, -0.1) is 11.3 Å². The summed E-state index contributed by atoms with van der Waals surface area (Å²) in [7, 11) is 1.90. The molecule has 3 N–H and O–H groups in total. The van der Waals surface area contributed by atoms with Gasteiger partial charge in [0.25, 0.3) is 0 Å². The molecule has 19 heavy (non-hydrogen) atoms. The van der Waals surface area contributed by atoms with Crippen molar-refractivity contribution in [2.75, 3.05) is 11.9 Å². The number of pyridine rings is 1. The van der Waals surface area contributed by atoms with Gasteiger partial charge >= 0.3 is 0 Å². The number of nitrogens with zero attached hydrogens (tertiary/aromatic N) is 4. The molecule has 0 aliphatic heterocycles. The Morgan fingerprint density at radius 2 is 2.32 bits per heavy atom. The van der Waals surface area contributed by atoms with E-state index < -0.39 is 0 Å². The number of oxime groups is 1. The van der Waals surface area contributed by atoms with Crippen LogP contribution >= 0.6 is 11.3 Å². The highest BCUT2D eigenvalue weighted by Gasteiger charge is 2.15. The molecule has 0 amide bonds. The van der Waals surface area contributed by atoms with Crippen molar-refractivity contribution in [2.45, 2.75) is 13.5 Å². The average molecular weight is 277 g/mol. The number of rotatable bonds is 4. The van der Waals surface area contributed by atoms with Crippen molar-refractivity contribution in [3.8, 4) is 0 Å². The lowest BCUT2D eigenvalue weighted by molar-refractivity contribution is 0.318. The number of aryl methyl sites for hydroxylation is 1. The summed E-state index contributed by atoms with van der Waals surface area (Å²) in [5.41, 5.74) is 10.0. The van der Waals surface area contributed by atoms with Gasteiger partial charge in [0.05, 0.1) is 23.3 Å². The molecule has 6 nitrogen and oxygen atoms in total. The van der Waals surface area contributed by atoms with Crippen LogP contribution in [0.25, 0.3) is 0 Å². The molecule has 0 spiro atoms. The quantitative estimate of drug-likeness (QED) is 0.383. The zero-order valence-electron chi connectivity index (χ0n) is 10.7. The van der Waals surface area contributed by atoms with Gasteiger partial charge in [0.15, 0.2) is 5.84 Å². The molecule has 0 unspecified atom stereocenters. The Morgan fingerprint density at radius 1 is 1.53 bits per heavy atom. The van der Waals surface area contributed by atoms with Crippen LogP contribution < -0.4 is 10.6 Å². The van der Waals surface area contributed by atoms with Crippen molar-refractivity contribution < 1.29 is 5.21 Å². The van der Waals surface area contributed by atoms with Gasteiger partial charge < -0.3 is 15.8 Å². The number of hydrogen-bond acceptors (Lipinski definition) is 6. The molecule has 0 aliphatic carbocycles. The van der Waals surface area contributed by atoms with E-state index in [1.807, 2.05) is 30.3 Å². The van der Waals surface area contributed by atoms with E-state index in [1.54, 1.807) is 23.0 Å². The van der Waals surface area contributed by atoms with Gasteiger partial charge in [-0.1, -0.05) is 5.16 Å². The van der Waals surface area contributed by atoms with Crippen LogP contribution in [0.2, 0.25) is 0 Å². The Kier molecular flexibility index (Phi) is 3.96. The van der Waals surface area contributed by atoms with Crippen LogP contribution in [0.1, 0.15) is 16.8 Å². The second-order valence-corrected chi connectivity index (χ2v) is 4.87. The van der Waals surface area contributed by atoms with Crippen LogP contribution in [0.4, 0.5) is 5.82 Å². The second-order valence-electron chi connectivity index (χ2n) is 4.15. The maximum atomic E-state index is 8.88. The summed E-state index contributed by atoms with van der Waals surface area (Å²) in [5.74, 6) is 0.731. The largest absolute Gasteiger partial charge is 0.409 e. The molecule has 0 saturated carbocycles. The molecule has 2 rings (SSSR count). The summed E-state index contributed by atoms with van der Waals surface area (Å²) in [6.07, 6.45) is 1.70. The molecule has 0 fully saturated rings. The number of thiazole rings is 1. The first-order chi connectivity index (χ1) is 9.13. The monoisotopic (exact) mass is 277 g/mol. The lowest BCUT2D eigenvalue weighted by atomic mass is 10.1. The minimum absolute atomic E-state index is 0.0609. The number of hydrogen-bond donors (Lipinski definition) is 2. The van der Waals surface area contributed by atoms with E-state index in [2.05, 4.69) is 15.1 Å². The van der Waals surface area contributed by atoms with Crippen LogP contribution in [0.3, 0.4) is 0 Å². The van der Waals surface area contributed by atoms with Gasteiger partial charge in [-0.3, -0.25) is 0 Å². The lowest BCUT2D eigenvalue weighted by Crippen LogP contribution is -2.24. The summed E-state index contributed by atoms with van der Waals surface area (Å²) < 4.78 is 0. The maximum absolute atomic E-state index is 8.88. The third-order valence-corrected chi connectivity index (χ3v) is 3.38. The van der Waals surface area contributed by atoms with Gasteiger partial charge in [0.2, 0.25) is 0 Å². The van der Waals surface area contributed by atoms with Gasteiger partial charge in [-0.05, 0) is 18.6 Å². The van der Waals surface area contributed by atoms with Gasteiger partial charge in [-0.2, -0.15) is 0 Å². The van der Waals surface area contributed by atoms with Crippen LogP contribution in [0.15, 0.2) is 28.3 Å². The van der Waals surface area contributed by atoms with E-state index in [1.165, 1.54) is 0 Å². The Hall–Kier alpha value is -2.15. The maximum Gasteiger partial charge on any atom is 0.174 e. The van der Waals surface area contributed by atoms with E-state index >= 15 is 0 Å². The molecule has 0 bridgehead atoms. The predicted octanol–water partition coefficient (Wildman–Crippen LogP) is 1.58. The summed E-state index contributed by atoms with van der Waals surface area (Å²) in [6.45, 7) is 2.51. The van der Waals surface area contributed by atoms with Crippen LogP contribution in [0.5, 0.6) is 0 Å². The summed E-state index contributed by atoms with van der Waals surface area (Å²) >= 11 is 1.55. The molecule has 0 aromatic carbocycles. The number of aromatic nitrogens is 2. The fourth-order valence-electron chi connectivity index (χ4n) is 1.83.